The van der Waals surface area contributed by atoms with Gasteiger partial charge in [0.15, 0.2) is 5.96 Å². The van der Waals surface area contributed by atoms with Crippen LogP contribution >= 0.6 is 24.0 Å². The normalized spacial score (nSPS) is 19.9. The highest BCUT2D eigenvalue weighted by Crippen LogP contribution is 2.18. The van der Waals surface area contributed by atoms with Crippen LogP contribution in [-0.2, 0) is 22.4 Å². The average Bonchev–Trinajstić information content (AvgIpc) is 3.50. The zero-order valence-electron chi connectivity index (χ0n) is 18.1. The quantitative estimate of drug-likeness (QED) is 0.309. The van der Waals surface area contributed by atoms with E-state index in [1.807, 2.05) is 18.2 Å². The van der Waals surface area contributed by atoms with Gasteiger partial charge in [0.05, 0.1) is 31.6 Å². The molecule has 1 N–H and O–H groups in total. The molecule has 1 aromatic carbocycles. The van der Waals surface area contributed by atoms with Gasteiger partial charge in [0.25, 0.3) is 0 Å². The van der Waals surface area contributed by atoms with Crippen molar-refractivity contribution in [3.8, 4) is 0 Å². The van der Waals surface area contributed by atoms with Crippen LogP contribution in [0.1, 0.15) is 37.0 Å². The Balaban J connectivity index is 0.00000272. The van der Waals surface area contributed by atoms with E-state index in [4.69, 9.17) is 18.9 Å². The molecule has 1 unspecified atom stereocenters. The summed E-state index contributed by atoms with van der Waals surface area (Å²) in [7, 11) is 0. The number of hydrogen-bond donors (Lipinski definition) is 1. The monoisotopic (exact) mass is 539 g/mol. The fourth-order valence-corrected chi connectivity index (χ4v) is 4.02. The van der Waals surface area contributed by atoms with Crippen molar-refractivity contribution in [3.63, 3.8) is 0 Å². The summed E-state index contributed by atoms with van der Waals surface area (Å²) in [6.07, 6.45) is 7.54. The summed E-state index contributed by atoms with van der Waals surface area (Å²) in [6, 6.07) is 14.3. The second-order valence-electron chi connectivity index (χ2n) is 8.04. The number of benzene rings is 1. The van der Waals surface area contributed by atoms with Gasteiger partial charge in [-0.25, -0.2) is 4.99 Å². The van der Waals surface area contributed by atoms with Crippen LogP contribution in [0, 0.1) is 0 Å². The summed E-state index contributed by atoms with van der Waals surface area (Å²) in [6.45, 7) is 5.02. The molecule has 0 radical (unpaired) electrons. The fourth-order valence-electron chi connectivity index (χ4n) is 4.02. The lowest BCUT2D eigenvalue weighted by atomic mass is 10.1. The number of halogens is 1. The highest BCUT2D eigenvalue weighted by molar-refractivity contribution is 14.0. The first kappa shape index (κ1) is 24.1. The Morgan fingerprint density at radius 1 is 1.10 bits per heavy atom. The van der Waals surface area contributed by atoms with Gasteiger partial charge in [-0.05, 0) is 43.4 Å². The van der Waals surface area contributed by atoms with E-state index >= 15 is 0 Å². The van der Waals surface area contributed by atoms with E-state index in [1.54, 1.807) is 6.26 Å². The number of piperidine rings is 1. The smallest absolute Gasteiger partial charge is 0.194 e. The maximum Gasteiger partial charge on any atom is 0.194 e. The van der Waals surface area contributed by atoms with Crippen LogP contribution in [0.5, 0.6) is 0 Å². The van der Waals surface area contributed by atoms with E-state index in [0.717, 1.165) is 76.7 Å². The molecule has 2 aromatic rings. The van der Waals surface area contributed by atoms with Crippen molar-refractivity contribution in [2.24, 2.45) is 4.99 Å². The van der Waals surface area contributed by atoms with Crippen LogP contribution in [0.3, 0.4) is 0 Å². The SMILES string of the molecule is I.c1ccc(CN=C(NCCc2ccco2)N2CCC(OCC3CCCO3)CC2)cc1. The third-order valence-corrected chi connectivity index (χ3v) is 5.77. The van der Waals surface area contributed by atoms with Crippen LogP contribution < -0.4 is 5.32 Å². The molecule has 7 heteroatoms. The number of likely N-dealkylation sites (tertiary alicyclic amines) is 1. The standard InChI is InChI=1S/C24H33N3O3.HI/c1-2-6-20(7-3-1)18-26-24(25-13-10-21-8-4-16-28-21)27-14-11-22(12-15-27)30-19-23-9-5-17-29-23;/h1-4,6-8,16,22-23H,5,9-15,17-19H2,(H,25,26);1H. The largest absolute Gasteiger partial charge is 0.469 e. The van der Waals surface area contributed by atoms with Gasteiger partial charge >= 0.3 is 0 Å². The predicted molar refractivity (Wildman–Crippen MR) is 133 cm³/mol. The Labute approximate surface area is 202 Å². The predicted octanol–water partition coefficient (Wildman–Crippen LogP) is 4.25. The van der Waals surface area contributed by atoms with Crippen LogP contribution in [0.25, 0.3) is 0 Å². The number of nitrogens with one attached hydrogen (secondary N) is 1. The minimum absolute atomic E-state index is 0. The lowest BCUT2D eigenvalue weighted by molar-refractivity contribution is -0.0367. The number of rotatable bonds is 8. The topological polar surface area (TPSA) is 59.2 Å². The minimum atomic E-state index is 0. The van der Waals surface area contributed by atoms with Crippen molar-refractivity contribution in [2.75, 3.05) is 32.8 Å². The molecule has 2 aliphatic heterocycles. The van der Waals surface area contributed by atoms with Crippen LogP contribution in [0.2, 0.25) is 0 Å². The molecule has 170 valence electrons. The molecule has 3 heterocycles. The summed E-state index contributed by atoms with van der Waals surface area (Å²) in [5.41, 5.74) is 1.22. The summed E-state index contributed by atoms with van der Waals surface area (Å²) in [5.74, 6) is 1.97. The van der Waals surface area contributed by atoms with Crippen LogP contribution in [-0.4, -0.2) is 55.9 Å². The molecule has 2 saturated heterocycles. The van der Waals surface area contributed by atoms with Gasteiger partial charge in [0.2, 0.25) is 0 Å². The molecule has 31 heavy (non-hydrogen) atoms. The van der Waals surface area contributed by atoms with E-state index in [9.17, 15) is 0 Å². The minimum Gasteiger partial charge on any atom is -0.469 e. The molecule has 0 aliphatic carbocycles. The third kappa shape index (κ3) is 7.80. The first-order valence-electron chi connectivity index (χ1n) is 11.2. The molecular weight excluding hydrogens is 505 g/mol. The number of nitrogens with zero attached hydrogens (tertiary/aromatic N) is 2. The highest BCUT2D eigenvalue weighted by Gasteiger charge is 2.24. The molecular formula is C24H34IN3O3. The van der Waals surface area contributed by atoms with Crippen molar-refractivity contribution in [3.05, 3.63) is 60.1 Å². The zero-order chi connectivity index (χ0) is 20.4. The molecule has 0 amide bonds. The molecule has 0 saturated carbocycles. The van der Waals surface area contributed by atoms with E-state index in [0.29, 0.717) is 18.8 Å². The third-order valence-electron chi connectivity index (χ3n) is 5.77. The highest BCUT2D eigenvalue weighted by atomic mass is 127. The van der Waals surface area contributed by atoms with E-state index in [-0.39, 0.29) is 24.0 Å². The number of guanidine groups is 1. The Hall–Kier alpha value is -1.58. The van der Waals surface area contributed by atoms with Crippen LogP contribution in [0.15, 0.2) is 58.1 Å². The summed E-state index contributed by atoms with van der Waals surface area (Å²) in [5, 5.41) is 3.54. The van der Waals surface area contributed by atoms with Gasteiger partial charge in [-0.2, -0.15) is 0 Å². The van der Waals surface area contributed by atoms with Gasteiger partial charge in [-0.15, -0.1) is 24.0 Å². The number of aliphatic imine (C=N–C) groups is 1. The zero-order valence-corrected chi connectivity index (χ0v) is 20.4. The van der Waals surface area contributed by atoms with Crippen molar-refractivity contribution in [2.45, 2.75) is 50.9 Å². The van der Waals surface area contributed by atoms with Crippen molar-refractivity contribution < 1.29 is 13.9 Å². The number of furan rings is 1. The van der Waals surface area contributed by atoms with Crippen molar-refractivity contribution in [1.29, 1.82) is 0 Å². The van der Waals surface area contributed by atoms with E-state index in [1.165, 1.54) is 5.56 Å². The number of hydrogen-bond acceptors (Lipinski definition) is 4. The molecule has 2 fully saturated rings. The van der Waals surface area contributed by atoms with E-state index in [2.05, 4.69) is 34.5 Å². The average molecular weight is 539 g/mol. The van der Waals surface area contributed by atoms with Crippen LogP contribution in [0.4, 0.5) is 0 Å². The molecule has 0 bridgehead atoms. The molecule has 6 nitrogen and oxygen atoms in total. The fraction of sp³-hybridized carbons (Fsp3) is 0.542. The molecule has 0 spiro atoms. The van der Waals surface area contributed by atoms with Crippen molar-refractivity contribution in [1.82, 2.24) is 10.2 Å². The summed E-state index contributed by atoms with van der Waals surface area (Å²) >= 11 is 0. The van der Waals surface area contributed by atoms with Crippen molar-refractivity contribution >= 4 is 29.9 Å². The Kier molecular flexibility index (Phi) is 10.2. The Bertz CT molecular complexity index is 756. The first-order chi connectivity index (χ1) is 14.9. The maximum absolute atomic E-state index is 6.13. The number of ether oxygens (including phenoxy) is 2. The molecule has 1 aromatic heterocycles. The lowest BCUT2D eigenvalue weighted by Crippen LogP contribution is -2.47. The Morgan fingerprint density at radius 3 is 2.65 bits per heavy atom. The Morgan fingerprint density at radius 2 is 1.94 bits per heavy atom. The van der Waals surface area contributed by atoms with Gasteiger partial charge in [0, 0.05) is 32.7 Å². The van der Waals surface area contributed by atoms with Gasteiger partial charge in [-0.1, -0.05) is 30.3 Å². The molecule has 2 aliphatic rings. The van der Waals surface area contributed by atoms with Gasteiger partial charge in [0.1, 0.15) is 5.76 Å². The summed E-state index contributed by atoms with van der Waals surface area (Å²) in [4.78, 5) is 7.27. The van der Waals surface area contributed by atoms with E-state index < -0.39 is 0 Å². The maximum atomic E-state index is 6.13. The second-order valence-corrected chi connectivity index (χ2v) is 8.04. The molecule has 1 atom stereocenters. The van der Waals surface area contributed by atoms with Gasteiger partial charge < -0.3 is 24.1 Å². The van der Waals surface area contributed by atoms with Gasteiger partial charge in [-0.3, -0.25) is 0 Å². The second kappa shape index (κ2) is 13.1. The lowest BCUT2D eigenvalue weighted by Gasteiger charge is -2.34. The first-order valence-corrected chi connectivity index (χ1v) is 11.2. The summed E-state index contributed by atoms with van der Waals surface area (Å²) < 4.78 is 17.3. The molecule has 4 rings (SSSR count).